The summed E-state index contributed by atoms with van der Waals surface area (Å²) in [7, 11) is 3.37. The van der Waals surface area contributed by atoms with E-state index in [1.807, 2.05) is 53.1 Å². The van der Waals surface area contributed by atoms with Gasteiger partial charge in [-0.1, -0.05) is 24.3 Å². The molecule has 0 saturated carbocycles. The maximum Gasteiger partial charge on any atom is 0.238 e. The molecule has 0 aliphatic rings. The SMILES string of the molecule is COc1cccc(-c2nc(-n3cnc4ccccc43)nc3c2c(F)cn3C)c1. The van der Waals surface area contributed by atoms with Crippen molar-refractivity contribution in [3.8, 4) is 23.0 Å². The van der Waals surface area contributed by atoms with Crippen molar-refractivity contribution in [1.29, 1.82) is 0 Å². The number of benzene rings is 2. The molecule has 28 heavy (non-hydrogen) atoms. The Labute approximate surface area is 159 Å². The van der Waals surface area contributed by atoms with Gasteiger partial charge in [0.2, 0.25) is 5.95 Å². The summed E-state index contributed by atoms with van der Waals surface area (Å²) in [5.41, 5.74) is 3.50. The van der Waals surface area contributed by atoms with Gasteiger partial charge < -0.3 is 9.30 Å². The molecule has 0 spiro atoms. The molecule has 7 heteroatoms. The van der Waals surface area contributed by atoms with Crippen LogP contribution in [0.15, 0.2) is 61.1 Å². The molecule has 2 aromatic carbocycles. The van der Waals surface area contributed by atoms with Gasteiger partial charge in [-0.25, -0.2) is 14.4 Å². The highest BCUT2D eigenvalue weighted by atomic mass is 19.1. The zero-order valence-corrected chi connectivity index (χ0v) is 15.3. The Morgan fingerprint density at radius 1 is 1.04 bits per heavy atom. The lowest BCUT2D eigenvalue weighted by atomic mass is 10.1. The average Bonchev–Trinajstić information content (AvgIpc) is 3.28. The first-order valence-corrected chi connectivity index (χ1v) is 8.75. The lowest BCUT2D eigenvalue weighted by molar-refractivity contribution is 0.415. The van der Waals surface area contributed by atoms with E-state index in [0.29, 0.717) is 28.4 Å². The van der Waals surface area contributed by atoms with Gasteiger partial charge >= 0.3 is 0 Å². The van der Waals surface area contributed by atoms with E-state index < -0.39 is 0 Å². The van der Waals surface area contributed by atoms with E-state index in [2.05, 4.69) is 9.97 Å². The molecule has 0 saturated heterocycles. The molecule has 3 aromatic heterocycles. The molecule has 6 nitrogen and oxygen atoms in total. The molecular weight excluding hydrogens is 357 g/mol. The summed E-state index contributed by atoms with van der Waals surface area (Å²) in [5, 5.41) is 0.379. The third-order valence-electron chi connectivity index (χ3n) is 4.77. The topological polar surface area (TPSA) is 57.8 Å². The van der Waals surface area contributed by atoms with Crippen LogP contribution in [-0.2, 0) is 7.05 Å². The first kappa shape index (κ1) is 16.4. The predicted molar refractivity (Wildman–Crippen MR) is 105 cm³/mol. The number of fused-ring (bicyclic) bond motifs is 2. The second kappa shape index (κ2) is 6.16. The lowest BCUT2D eigenvalue weighted by Gasteiger charge is -2.10. The fourth-order valence-corrected chi connectivity index (χ4v) is 3.41. The Hall–Kier alpha value is -3.74. The van der Waals surface area contributed by atoms with Gasteiger partial charge in [0.25, 0.3) is 0 Å². The number of aryl methyl sites for hydroxylation is 1. The first-order valence-electron chi connectivity index (χ1n) is 8.75. The molecule has 0 aliphatic heterocycles. The Balaban J connectivity index is 1.84. The molecule has 0 amide bonds. The van der Waals surface area contributed by atoms with E-state index >= 15 is 0 Å². The van der Waals surface area contributed by atoms with Crippen LogP contribution in [0.1, 0.15) is 0 Å². The third-order valence-corrected chi connectivity index (χ3v) is 4.77. The Bertz CT molecular complexity index is 1340. The summed E-state index contributed by atoms with van der Waals surface area (Å²) in [6.07, 6.45) is 3.10. The predicted octanol–water partition coefficient (Wildman–Crippen LogP) is 4.12. The maximum absolute atomic E-state index is 14.7. The van der Waals surface area contributed by atoms with E-state index in [1.54, 1.807) is 25.1 Å². The zero-order valence-electron chi connectivity index (χ0n) is 15.3. The first-order chi connectivity index (χ1) is 13.7. The molecular formula is C21H16FN5O. The molecule has 0 N–H and O–H groups in total. The Morgan fingerprint density at radius 3 is 2.75 bits per heavy atom. The van der Waals surface area contributed by atoms with E-state index in [4.69, 9.17) is 9.72 Å². The summed E-state index contributed by atoms with van der Waals surface area (Å²) >= 11 is 0. The van der Waals surface area contributed by atoms with Gasteiger partial charge in [0.15, 0.2) is 5.82 Å². The van der Waals surface area contributed by atoms with Crippen LogP contribution in [0.5, 0.6) is 5.75 Å². The molecule has 0 atom stereocenters. The van der Waals surface area contributed by atoms with E-state index in [-0.39, 0.29) is 5.82 Å². The number of ether oxygens (including phenoxy) is 1. The summed E-state index contributed by atoms with van der Waals surface area (Å²) in [5.74, 6) is 0.743. The van der Waals surface area contributed by atoms with Crippen LogP contribution in [0.4, 0.5) is 4.39 Å². The molecule has 5 rings (SSSR count). The molecule has 0 aliphatic carbocycles. The third kappa shape index (κ3) is 2.44. The largest absolute Gasteiger partial charge is 0.497 e. The van der Waals surface area contributed by atoms with Crippen molar-refractivity contribution in [2.45, 2.75) is 0 Å². The van der Waals surface area contributed by atoms with E-state index in [1.165, 1.54) is 6.20 Å². The number of methoxy groups -OCH3 is 1. The van der Waals surface area contributed by atoms with Gasteiger partial charge in [0, 0.05) is 18.8 Å². The van der Waals surface area contributed by atoms with Crippen LogP contribution in [0, 0.1) is 5.82 Å². The van der Waals surface area contributed by atoms with E-state index in [9.17, 15) is 4.39 Å². The number of aromatic nitrogens is 5. The van der Waals surface area contributed by atoms with Crippen LogP contribution in [0.25, 0.3) is 39.3 Å². The monoisotopic (exact) mass is 373 g/mol. The van der Waals surface area contributed by atoms with Crippen molar-refractivity contribution in [3.05, 3.63) is 66.9 Å². The number of imidazole rings is 1. The molecule has 5 aromatic rings. The smallest absolute Gasteiger partial charge is 0.238 e. The fraction of sp³-hybridized carbons (Fsp3) is 0.0952. The Kier molecular flexibility index (Phi) is 3.61. The molecule has 0 unspecified atom stereocenters. The highest BCUT2D eigenvalue weighted by molar-refractivity contribution is 5.92. The summed E-state index contributed by atoms with van der Waals surface area (Å²) in [6, 6.07) is 15.2. The molecule has 0 radical (unpaired) electrons. The van der Waals surface area contributed by atoms with Crippen LogP contribution in [-0.4, -0.2) is 31.2 Å². The number of para-hydroxylation sites is 2. The van der Waals surface area contributed by atoms with Gasteiger partial charge in [-0.05, 0) is 24.3 Å². The Morgan fingerprint density at radius 2 is 1.89 bits per heavy atom. The van der Waals surface area contributed by atoms with Crippen molar-refractivity contribution in [2.24, 2.45) is 7.05 Å². The highest BCUT2D eigenvalue weighted by Gasteiger charge is 2.19. The number of hydrogen-bond donors (Lipinski definition) is 0. The molecule has 138 valence electrons. The quantitative estimate of drug-likeness (QED) is 0.477. The van der Waals surface area contributed by atoms with Crippen LogP contribution in [0.3, 0.4) is 0 Å². The van der Waals surface area contributed by atoms with Crippen LogP contribution in [0.2, 0.25) is 0 Å². The highest BCUT2D eigenvalue weighted by Crippen LogP contribution is 2.32. The molecule has 0 fully saturated rings. The molecule has 3 heterocycles. The number of halogens is 1. The second-order valence-corrected chi connectivity index (χ2v) is 6.49. The van der Waals surface area contributed by atoms with Crippen molar-refractivity contribution in [1.82, 2.24) is 24.1 Å². The normalized spacial score (nSPS) is 11.4. The van der Waals surface area contributed by atoms with Gasteiger partial charge in [-0.2, -0.15) is 4.98 Å². The molecule has 0 bridgehead atoms. The number of rotatable bonds is 3. The van der Waals surface area contributed by atoms with Crippen molar-refractivity contribution < 1.29 is 9.13 Å². The van der Waals surface area contributed by atoms with Crippen molar-refractivity contribution in [2.75, 3.05) is 7.11 Å². The summed E-state index contributed by atoms with van der Waals surface area (Å²) in [6.45, 7) is 0. The number of hydrogen-bond acceptors (Lipinski definition) is 4. The standard InChI is InChI=1S/C21H16FN5O/c1-26-11-15(22)18-19(13-6-5-7-14(10-13)28-2)24-21(25-20(18)26)27-12-23-16-8-3-4-9-17(16)27/h3-12H,1-2H3. The minimum Gasteiger partial charge on any atom is -0.497 e. The van der Waals surface area contributed by atoms with Crippen LogP contribution < -0.4 is 4.74 Å². The van der Waals surface area contributed by atoms with Gasteiger partial charge in [-0.3, -0.25) is 4.57 Å². The van der Waals surface area contributed by atoms with Crippen molar-refractivity contribution >= 4 is 22.1 Å². The fourth-order valence-electron chi connectivity index (χ4n) is 3.41. The summed E-state index contributed by atoms with van der Waals surface area (Å²) in [4.78, 5) is 13.8. The number of nitrogens with zero attached hydrogens (tertiary/aromatic N) is 5. The minimum atomic E-state index is -0.364. The van der Waals surface area contributed by atoms with Crippen molar-refractivity contribution in [3.63, 3.8) is 0 Å². The zero-order chi connectivity index (χ0) is 19.3. The van der Waals surface area contributed by atoms with Gasteiger partial charge in [-0.15, -0.1) is 0 Å². The minimum absolute atomic E-state index is 0.364. The average molecular weight is 373 g/mol. The summed E-state index contributed by atoms with van der Waals surface area (Å²) < 4.78 is 23.5. The van der Waals surface area contributed by atoms with Gasteiger partial charge in [0.1, 0.15) is 17.7 Å². The van der Waals surface area contributed by atoms with Gasteiger partial charge in [0.05, 0.1) is 29.2 Å². The second-order valence-electron chi connectivity index (χ2n) is 6.49. The maximum atomic E-state index is 14.7. The van der Waals surface area contributed by atoms with E-state index in [0.717, 1.165) is 16.6 Å². The van der Waals surface area contributed by atoms with Crippen LogP contribution >= 0.6 is 0 Å². The lowest BCUT2D eigenvalue weighted by Crippen LogP contribution is -2.03.